The standard InChI is InChI=1S/C23H25NO4/c1-4-17(18-8-6-5-7-9-18)14-24-23(26)16(3)27-19-10-11-20-15(2)12-22(25)28-21(20)13-19/h5-13,16-17H,4,14H2,1-3H3,(H,24,26)/t16-,17-/m1/s1. The summed E-state index contributed by atoms with van der Waals surface area (Å²) >= 11 is 0. The van der Waals surface area contributed by atoms with Crippen LogP contribution in [0.1, 0.15) is 37.3 Å². The molecule has 1 heterocycles. The quantitative estimate of drug-likeness (QED) is 0.625. The van der Waals surface area contributed by atoms with Gasteiger partial charge in [-0.15, -0.1) is 0 Å². The Morgan fingerprint density at radius 3 is 2.61 bits per heavy atom. The fourth-order valence-electron chi connectivity index (χ4n) is 3.23. The molecule has 146 valence electrons. The van der Waals surface area contributed by atoms with Crippen LogP contribution in [-0.4, -0.2) is 18.6 Å². The highest BCUT2D eigenvalue weighted by Gasteiger charge is 2.17. The summed E-state index contributed by atoms with van der Waals surface area (Å²) in [6.07, 6.45) is 0.269. The van der Waals surface area contributed by atoms with Gasteiger partial charge in [0.05, 0.1) is 0 Å². The van der Waals surface area contributed by atoms with Gasteiger partial charge in [0, 0.05) is 30.0 Å². The number of hydrogen-bond acceptors (Lipinski definition) is 4. The van der Waals surface area contributed by atoms with Crippen LogP contribution >= 0.6 is 0 Å². The molecule has 0 saturated heterocycles. The minimum absolute atomic E-state index is 0.180. The molecule has 0 unspecified atom stereocenters. The Balaban J connectivity index is 1.64. The minimum Gasteiger partial charge on any atom is -0.481 e. The van der Waals surface area contributed by atoms with E-state index in [2.05, 4.69) is 24.4 Å². The monoisotopic (exact) mass is 379 g/mol. The van der Waals surface area contributed by atoms with Crippen molar-refractivity contribution in [2.24, 2.45) is 0 Å². The Labute approximate surface area is 164 Å². The maximum absolute atomic E-state index is 12.5. The molecular weight excluding hydrogens is 354 g/mol. The maximum atomic E-state index is 12.5. The molecule has 2 atom stereocenters. The molecule has 1 aromatic heterocycles. The van der Waals surface area contributed by atoms with Gasteiger partial charge in [-0.05, 0) is 43.5 Å². The van der Waals surface area contributed by atoms with Gasteiger partial charge in [-0.3, -0.25) is 4.79 Å². The van der Waals surface area contributed by atoms with Gasteiger partial charge in [0.1, 0.15) is 11.3 Å². The first-order valence-corrected chi connectivity index (χ1v) is 9.51. The second kappa shape index (κ2) is 8.74. The fraction of sp³-hybridized carbons (Fsp3) is 0.304. The van der Waals surface area contributed by atoms with E-state index in [0.29, 0.717) is 17.9 Å². The number of benzene rings is 2. The lowest BCUT2D eigenvalue weighted by molar-refractivity contribution is -0.127. The van der Waals surface area contributed by atoms with E-state index < -0.39 is 11.7 Å². The Morgan fingerprint density at radius 1 is 1.14 bits per heavy atom. The Bertz CT molecular complexity index is 1010. The average Bonchev–Trinajstić information content (AvgIpc) is 2.68. The molecule has 3 rings (SSSR count). The zero-order valence-electron chi connectivity index (χ0n) is 16.4. The highest BCUT2D eigenvalue weighted by atomic mass is 16.5. The molecule has 2 aromatic carbocycles. The molecule has 0 radical (unpaired) electrons. The van der Waals surface area contributed by atoms with Gasteiger partial charge in [0.15, 0.2) is 6.10 Å². The zero-order valence-corrected chi connectivity index (χ0v) is 16.4. The van der Waals surface area contributed by atoms with Gasteiger partial charge in [-0.2, -0.15) is 0 Å². The minimum atomic E-state index is -0.665. The molecular formula is C23H25NO4. The van der Waals surface area contributed by atoms with Crippen LogP contribution in [0, 0.1) is 6.92 Å². The van der Waals surface area contributed by atoms with Crippen LogP contribution in [0.15, 0.2) is 63.8 Å². The largest absolute Gasteiger partial charge is 0.481 e. The van der Waals surface area contributed by atoms with E-state index in [0.717, 1.165) is 17.4 Å². The number of hydrogen-bond donors (Lipinski definition) is 1. The number of nitrogens with one attached hydrogen (secondary N) is 1. The second-order valence-electron chi connectivity index (χ2n) is 6.93. The van der Waals surface area contributed by atoms with Crippen molar-refractivity contribution in [3.05, 3.63) is 76.1 Å². The summed E-state index contributed by atoms with van der Waals surface area (Å²) in [5, 5.41) is 3.82. The van der Waals surface area contributed by atoms with Crippen molar-refractivity contribution < 1.29 is 13.9 Å². The summed E-state index contributed by atoms with van der Waals surface area (Å²) in [4.78, 5) is 24.0. The first kappa shape index (κ1) is 19.7. The van der Waals surface area contributed by atoms with E-state index in [4.69, 9.17) is 9.15 Å². The smallest absolute Gasteiger partial charge is 0.336 e. The van der Waals surface area contributed by atoms with Crippen LogP contribution in [0.5, 0.6) is 5.75 Å². The summed E-state index contributed by atoms with van der Waals surface area (Å²) in [6, 6.07) is 16.8. The van der Waals surface area contributed by atoms with Gasteiger partial charge in [0.2, 0.25) is 0 Å². The molecule has 5 nitrogen and oxygen atoms in total. The zero-order chi connectivity index (χ0) is 20.1. The van der Waals surface area contributed by atoms with E-state index in [-0.39, 0.29) is 11.8 Å². The number of carbonyl (C=O) groups is 1. The average molecular weight is 379 g/mol. The van der Waals surface area contributed by atoms with Crippen molar-refractivity contribution in [1.82, 2.24) is 5.32 Å². The lowest BCUT2D eigenvalue weighted by Gasteiger charge is -2.19. The SMILES string of the molecule is CC[C@H](CNC(=O)[C@@H](C)Oc1ccc2c(C)cc(=O)oc2c1)c1ccccc1. The Morgan fingerprint density at radius 2 is 1.89 bits per heavy atom. The molecule has 0 bridgehead atoms. The lowest BCUT2D eigenvalue weighted by atomic mass is 9.96. The number of ether oxygens (including phenoxy) is 1. The van der Waals surface area contributed by atoms with Crippen molar-refractivity contribution in [2.45, 2.75) is 39.2 Å². The molecule has 0 aliphatic rings. The molecule has 1 amide bonds. The number of rotatable bonds is 7. The molecule has 5 heteroatoms. The van der Waals surface area contributed by atoms with Crippen molar-refractivity contribution in [1.29, 1.82) is 0 Å². The molecule has 1 N–H and O–H groups in total. The predicted molar refractivity (Wildman–Crippen MR) is 110 cm³/mol. The number of fused-ring (bicyclic) bond motifs is 1. The van der Waals surface area contributed by atoms with E-state index in [1.807, 2.05) is 31.2 Å². The molecule has 0 aliphatic heterocycles. The van der Waals surface area contributed by atoms with Gasteiger partial charge in [0.25, 0.3) is 5.91 Å². The third-order valence-corrected chi connectivity index (χ3v) is 4.89. The van der Waals surface area contributed by atoms with Crippen LogP contribution in [0.3, 0.4) is 0 Å². The van der Waals surface area contributed by atoms with Gasteiger partial charge in [-0.25, -0.2) is 4.79 Å². The van der Waals surface area contributed by atoms with Crippen LogP contribution in [0.2, 0.25) is 0 Å². The third-order valence-electron chi connectivity index (χ3n) is 4.89. The lowest BCUT2D eigenvalue weighted by Crippen LogP contribution is -2.38. The van der Waals surface area contributed by atoms with Crippen molar-refractivity contribution >= 4 is 16.9 Å². The van der Waals surface area contributed by atoms with E-state index in [1.165, 1.54) is 11.6 Å². The van der Waals surface area contributed by atoms with Crippen LogP contribution in [0.25, 0.3) is 11.0 Å². The fourth-order valence-corrected chi connectivity index (χ4v) is 3.23. The molecule has 0 fully saturated rings. The van der Waals surface area contributed by atoms with Crippen molar-refractivity contribution in [3.63, 3.8) is 0 Å². The second-order valence-corrected chi connectivity index (χ2v) is 6.93. The normalized spacial score (nSPS) is 13.1. The predicted octanol–water partition coefficient (Wildman–Crippen LogP) is 4.18. The highest BCUT2D eigenvalue weighted by Crippen LogP contribution is 2.23. The third kappa shape index (κ3) is 4.60. The van der Waals surface area contributed by atoms with E-state index >= 15 is 0 Å². The molecule has 3 aromatic rings. The van der Waals surface area contributed by atoms with E-state index in [9.17, 15) is 9.59 Å². The summed E-state index contributed by atoms with van der Waals surface area (Å²) in [5.74, 6) is 0.564. The first-order chi connectivity index (χ1) is 13.5. The molecule has 28 heavy (non-hydrogen) atoms. The van der Waals surface area contributed by atoms with E-state index in [1.54, 1.807) is 19.1 Å². The van der Waals surface area contributed by atoms with Gasteiger partial charge >= 0.3 is 5.63 Å². The molecule has 0 aliphatic carbocycles. The van der Waals surface area contributed by atoms with Gasteiger partial charge < -0.3 is 14.5 Å². The van der Waals surface area contributed by atoms with Crippen LogP contribution in [-0.2, 0) is 4.79 Å². The van der Waals surface area contributed by atoms with Crippen LogP contribution in [0.4, 0.5) is 0 Å². The van der Waals surface area contributed by atoms with Crippen molar-refractivity contribution in [3.8, 4) is 5.75 Å². The summed E-state index contributed by atoms with van der Waals surface area (Å²) in [5.41, 5.74) is 2.10. The topological polar surface area (TPSA) is 68.5 Å². The number of carbonyl (C=O) groups excluding carboxylic acids is 1. The highest BCUT2D eigenvalue weighted by molar-refractivity contribution is 5.82. The number of aryl methyl sites for hydroxylation is 1. The first-order valence-electron chi connectivity index (χ1n) is 9.51. The molecule has 0 saturated carbocycles. The van der Waals surface area contributed by atoms with Crippen LogP contribution < -0.4 is 15.7 Å². The summed E-state index contributed by atoms with van der Waals surface area (Å²) in [6.45, 7) is 6.22. The number of amides is 1. The maximum Gasteiger partial charge on any atom is 0.336 e. The summed E-state index contributed by atoms with van der Waals surface area (Å²) in [7, 11) is 0. The molecule has 0 spiro atoms. The van der Waals surface area contributed by atoms with Crippen molar-refractivity contribution in [2.75, 3.05) is 6.54 Å². The Hall–Kier alpha value is -3.08. The van der Waals surface area contributed by atoms with Gasteiger partial charge in [-0.1, -0.05) is 37.3 Å². The Kier molecular flexibility index (Phi) is 6.14. The summed E-state index contributed by atoms with van der Waals surface area (Å²) < 4.78 is 11.0.